The van der Waals surface area contributed by atoms with Gasteiger partial charge >= 0.3 is 11.9 Å². The van der Waals surface area contributed by atoms with Crippen molar-refractivity contribution in [1.29, 1.82) is 0 Å². The topological polar surface area (TPSA) is 110 Å². The lowest BCUT2D eigenvalue weighted by molar-refractivity contribution is -0.935. The second-order valence-electron chi connectivity index (χ2n) is 9.26. The molecule has 10 nitrogen and oxygen atoms in total. The number of ether oxygens (including phenoxy) is 6. The molecule has 0 bridgehead atoms. The fourth-order valence-corrected chi connectivity index (χ4v) is 5.18. The lowest BCUT2D eigenvalue weighted by Crippen LogP contribution is -2.52. The van der Waals surface area contributed by atoms with Gasteiger partial charge in [0, 0.05) is 30.0 Å². The van der Waals surface area contributed by atoms with E-state index in [-0.39, 0.29) is 12.6 Å². The van der Waals surface area contributed by atoms with Gasteiger partial charge < -0.3 is 38.0 Å². The molecule has 1 aliphatic rings. The molecule has 0 aliphatic carbocycles. The molecule has 1 N–H and O–H groups in total. The van der Waals surface area contributed by atoms with Crippen molar-refractivity contribution >= 4 is 23.5 Å². The van der Waals surface area contributed by atoms with Crippen molar-refractivity contribution in [3.63, 3.8) is 0 Å². The quantitative estimate of drug-likeness (QED) is 0.177. The molecule has 0 fully saturated rings. The summed E-state index contributed by atoms with van der Waals surface area (Å²) in [4.78, 5) is 22.8. The van der Waals surface area contributed by atoms with Crippen LogP contribution in [0.5, 0.6) is 28.7 Å². The van der Waals surface area contributed by atoms with Gasteiger partial charge in [-0.3, -0.25) is 0 Å². The van der Waals surface area contributed by atoms with E-state index in [9.17, 15) is 9.59 Å². The highest BCUT2D eigenvalue weighted by Crippen LogP contribution is 2.48. The third kappa shape index (κ3) is 6.51. The van der Waals surface area contributed by atoms with Gasteiger partial charge in [0.1, 0.15) is 11.1 Å². The average molecular weight is 565 g/mol. The number of carbonyl (C=O) groups is 2. The van der Waals surface area contributed by atoms with Gasteiger partial charge in [-0.05, 0) is 29.8 Å². The van der Waals surface area contributed by atoms with Crippen LogP contribution >= 0.6 is 11.6 Å². The van der Waals surface area contributed by atoms with Crippen molar-refractivity contribution in [3.05, 3.63) is 52.1 Å². The standard InChI is InChI=1S/C28H34ClNO9/c1-30(9-7-11-39-25(31)16-20(29)28(32)33)10-8-17-12-21(34-2)22(35-3)15-19(17)26(30)18-13-23(36-4)27(38-6)24(14-18)37-5/h12-16,26H,7-11H2,1-6H3/p+1/t26-,30?/m0/s1. The molecule has 1 heterocycles. The Kier molecular flexibility index (Phi) is 9.93. The predicted molar refractivity (Wildman–Crippen MR) is 144 cm³/mol. The Morgan fingerprint density at radius 1 is 0.949 bits per heavy atom. The molecule has 0 aromatic heterocycles. The summed E-state index contributed by atoms with van der Waals surface area (Å²) in [6.07, 6.45) is 2.09. The molecule has 0 saturated heterocycles. The number of methoxy groups -OCH3 is 5. The highest BCUT2D eigenvalue weighted by Gasteiger charge is 2.41. The van der Waals surface area contributed by atoms with Crippen LogP contribution in [0, 0.1) is 0 Å². The number of fused-ring (bicyclic) bond motifs is 1. The van der Waals surface area contributed by atoms with Gasteiger partial charge in [-0.25, -0.2) is 9.59 Å². The maximum Gasteiger partial charge on any atom is 0.347 e. The molecule has 0 spiro atoms. The first-order valence-corrected chi connectivity index (χ1v) is 12.7. The van der Waals surface area contributed by atoms with E-state index in [1.165, 1.54) is 0 Å². The Morgan fingerprint density at radius 2 is 1.54 bits per heavy atom. The van der Waals surface area contributed by atoms with Crippen molar-refractivity contribution in [3.8, 4) is 28.7 Å². The second-order valence-corrected chi connectivity index (χ2v) is 9.67. The highest BCUT2D eigenvalue weighted by molar-refractivity contribution is 6.42. The zero-order valence-corrected chi connectivity index (χ0v) is 23.8. The van der Waals surface area contributed by atoms with Gasteiger partial charge in [0.25, 0.3) is 0 Å². The number of hydrogen-bond acceptors (Lipinski definition) is 8. The molecule has 0 saturated carbocycles. The van der Waals surface area contributed by atoms with E-state index in [0.717, 1.165) is 35.7 Å². The fraction of sp³-hybridized carbons (Fsp3) is 0.429. The molecule has 3 rings (SSSR count). The first-order chi connectivity index (χ1) is 18.6. The smallest absolute Gasteiger partial charge is 0.347 e. The van der Waals surface area contributed by atoms with E-state index < -0.39 is 17.0 Å². The Morgan fingerprint density at radius 3 is 2.08 bits per heavy atom. The Hall–Kier alpha value is -3.63. The van der Waals surface area contributed by atoms with Crippen LogP contribution in [0.15, 0.2) is 35.4 Å². The Balaban J connectivity index is 2.02. The molecule has 1 unspecified atom stereocenters. The van der Waals surface area contributed by atoms with Gasteiger partial charge in [0.2, 0.25) is 5.75 Å². The van der Waals surface area contributed by atoms with Crippen LogP contribution < -0.4 is 23.7 Å². The fourth-order valence-electron chi connectivity index (χ4n) is 5.09. The molecular weight excluding hydrogens is 530 g/mol. The molecule has 39 heavy (non-hydrogen) atoms. The second kappa shape index (κ2) is 12.9. The number of carbonyl (C=O) groups excluding carboxylic acids is 1. The number of rotatable bonds is 12. The minimum Gasteiger partial charge on any atom is -0.493 e. The number of aliphatic carboxylic acids is 1. The number of benzene rings is 2. The normalized spacial score (nSPS) is 18.5. The maximum absolute atomic E-state index is 12.0. The third-order valence-electron chi connectivity index (χ3n) is 6.96. The molecule has 0 radical (unpaired) electrons. The molecular formula is C28H35ClNO9+. The van der Waals surface area contributed by atoms with Crippen LogP contribution in [0.4, 0.5) is 0 Å². The summed E-state index contributed by atoms with van der Waals surface area (Å²) in [5.41, 5.74) is 3.17. The van der Waals surface area contributed by atoms with Crippen molar-refractivity contribution in [2.24, 2.45) is 0 Å². The zero-order chi connectivity index (χ0) is 28.7. The number of hydrogen-bond donors (Lipinski definition) is 1. The van der Waals surface area contributed by atoms with Gasteiger partial charge in [-0.15, -0.1) is 0 Å². The maximum atomic E-state index is 12.0. The van der Waals surface area contributed by atoms with Gasteiger partial charge in [0.15, 0.2) is 23.0 Å². The average Bonchev–Trinajstić information content (AvgIpc) is 2.93. The number of likely N-dealkylation sites (N-methyl/N-ethyl adjacent to an activating group) is 1. The molecule has 212 valence electrons. The van der Waals surface area contributed by atoms with Gasteiger partial charge in [0.05, 0.1) is 62.3 Å². The molecule has 2 aromatic rings. The summed E-state index contributed by atoms with van der Waals surface area (Å²) in [6.45, 7) is 1.55. The first kappa shape index (κ1) is 29.9. The summed E-state index contributed by atoms with van der Waals surface area (Å²) in [5, 5.41) is 8.25. The number of carboxylic acids is 1. The summed E-state index contributed by atoms with van der Waals surface area (Å²) >= 11 is 5.53. The van der Waals surface area contributed by atoms with Crippen LogP contribution in [-0.4, -0.2) is 83.8 Å². The summed E-state index contributed by atoms with van der Waals surface area (Å²) in [6, 6.07) is 7.78. The number of nitrogens with zero attached hydrogens (tertiary/aromatic N) is 1. The van der Waals surface area contributed by atoms with Gasteiger partial charge in [-0.2, -0.15) is 0 Å². The number of carboxylic acid groups (broad SMARTS) is 1. The molecule has 0 amide bonds. The van der Waals surface area contributed by atoms with Crippen LogP contribution in [0.1, 0.15) is 29.2 Å². The lowest BCUT2D eigenvalue weighted by Gasteiger charge is -2.46. The minimum absolute atomic E-state index is 0.105. The summed E-state index contributed by atoms with van der Waals surface area (Å²) in [5.74, 6) is 0.686. The minimum atomic E-state index is -1.39. The van der Waals surface area contributed by atoms with E-state index in [4.69, 9.17) is 45.1 Å². The van der Waals surface area contributed by atoms with E-state index in [1.807, 2.05) is 24.3 Å². The monoisotopic (exact) mass is 564 g/mol. The van der Waals surface area contributed by atoms with Crippen LogP contribution in [0.25, 0.3) is 0 Å². The first-order valence-electron chi connectivity index (χ1n) is 12.3. The lowest BCUT2D eigenvalue weighted by atomic mass is 9.85. The van der Waals surface area contributed by atoms with Gasteiger partial charge in [-0.1, -0.05) is 11.6 Å². The SMILES string of the molecule is COc1cc2c(cc1OC)[C@H](c1cc(OC)c(OC)c(OC)c1)[N+](C)(CCCOC(=O)C=C(Cl)C(=O)O)CC2. The molecule has 1 aliphatic heterocycles. The van der Waals surface area contributed by atoms with Crippen molar-refractivity contribution in [2.45, 2.75) is 18.9 Å². The van der Waals surface area contributed by atoms with Crippen molar-refractivity contribution < 1.29 is 47.6 Å². The number of esters is 1. The molecule has 11 heteroatoms. The van der Waals surface area contributed by atoms with Crippen molar-refractivity contribution in [2.75, 3.05) is 62.3 Å². The molecule has 2 atom stereocenters. The van der Waals surface area contributed by atoms with E-state index in [2.05, 4.69) is 7.05 Å². The number of quaternary nitrogens is 1. The third-order valence-corrected chi connectivity index (χ3v) is 7.24. The summed E-state index contributed by atoms with van der Waals surface area (Å²) < 4.78 is 33.8. The summed E-state index contributed by atoms with van der Waals surface area (Å²) in [7, 11) is 10.1. The van der Waals surface area contributed by atoms with Crippen LogP contribution in [0.3, 0.4) is 0 Å². The van der Waals surface area contributed by atoms with E-state index >= 15 is 0 Å². The highest BCUT2D eigenvalue weighted by atomic mass is 35.5. The zero-order valence-electron chi connectivity index (χ0n) is 23.0. The number of halogens is 1. The molecule has 2 aromatic carbocycles. The van der Waals surface area contributed by atoms with E-state index in [1.54, 1.807) is 35.5 Å². The Bertz CT molecular complexity index is 1220. The van der Waals surface area contributed by atoms with E-state index in [0.29, 0.717) is 46.2 Å². The largest absolute Gasteiger partial charge is 0.493 e. The van der Waals surface area contributed by atoms with Crippen molar-refractivity contribution in [1.82, 2.24) is 0 Å². The van der Waals surface area contributed by atoms with Crippen LogP contribution in [-0.2, 0) is 20.7 Å². The van der Waals surface area contributed by atoms with Crippen LogP contribution in [0.2, 0.25) is 0 Å². The Labute approximate surface area is 233 Å². The predicted octanol–water partition coefficient (Wildman–Crippen LogP) is 3.96.